The Bertz CT molecular complexity index is 654. The molecule has 0 saturated heterocycles. The molecule has 6 heteroatoms. The van der Waals surface area contributed by atoms with Crippen molar-refractivity contribution in [3.63, 3.8) is 0 Å². The molecule has 1 saturated carbocycles. The molecule has 0 radical (unpaired) electrons. The van der Waals surface area contributed by atoms with Crippen LogP contribution < -0.4 is 10.6 Å². The van der Waals surface area contributed by atoms with Gasteiger partial charge in [-0.05, 0) is 31.0 Å². The first-order chi connectivity index (χ1) is 11.2. The number of carbonyl (C=O) groups is 2. The van der Waals surface area contributed by atoms with Crippen LogP contribution in [-0.2, 0) is 4.79 Å². The Kier molecular flexibility index (Phi) is 4.90. The molecule has 2 aromatic heterocycles. The zero-order valence-electron chi connectivity index (χ0n) is 13.1. The molecule has 2 aromatic rings. The molecule has 2 amide bonds. The molecule has 0 aliphatic heterocycles. The lowest BCUT2D eigenvalue weighted by Crippen LogP contribution is -2.41. The summed E-state index contributed by atoms with van der Waals surface area (Å²) in [6, 6.07) is 7.57. The van der Waals surface area contributed by atoms with Crippen LogP contribution >= 0.6 is 0 Å². The van der Waals surface area contributed by atoms with E-state index >= 15 is 0 Å². The Labute approximate surface area is 135 Å². The second kappa shape index (κ2) is 7.26. The second-order valence-electron chi connectivity index (χ2n) is 6.04. The van der Waals surface area contributed by atoms with Gasteiger partial charge in [0.1, 0.15) is 0 Å². The van der Waals surface area contributed by atoms with Gasteiger partial charge in [0.15, 0.2) is 5.69 Å². The predicted octanol–water partition coefficient (Wildman–Crippen LogP) is 1.90. The highest BCUT2D eigenvalue weighted by molar-refractivity contribution is 5.95. The molecule has 1 aliphatic rings. The van der Waals surface area contributed by atoms with E-state index in [2.05, 4.69) is 15.7 Å². The van der Waals surface area contributed by atoms with Gasteiger partial charge in [-0.15, -0.1) is 0 Å². The van der Waals surface area contributed by atoms with Crippen LogP contribution in [0.4, 0.5) is 0 Å². The van der Waals surface area contributed by atoms with Gasteiger partial charge in [0.2, 0.25) is 5.91 Å². The third-order valence-electron chi connectivity index (χ3n) is 4.23. The van der Waals surface area contributed by atoms with Crippen molar-refractivity contribution in [1.29, 1.82) is 0 Å². The van der Waals surface area contributed by atoms with Crippen molar-refractivity contribution in [2.24, 2.45) is 0 Å². The molecule has 2 heterocycles. The quantitative estimate of drug-likeness (QED) is 0.846. The zero-order chi connectivity index (χ0) is 16.1. The first-order valence-corrected chi connectivity index (χ1v) is 8.24. The standard InChI is InChI=1S/C17H22N4O2/c22-16(19-13-7-3-1-2-4-8-13)12-18-17(23)15-11-14-9-5-6-10-21(14)20-15/h5-6,9-11,13H,1-4,7-8,12H2,(H,18,23)(H,19,22). The third kappa shape index (κ3) is 4.09. The highest BCUT2D eigenvalue weighted by atomic mass is 16.2. The second-order valence-corrected chi connectivity index (χ2v) is 6.04. The Morgan fingerprint density at radius 1 is 1.17 bits per heavy atom. The van der Waals surface area contributed by atoms with Crippen molar-refractivity contribution in [1.82, 2.24) is 20.2 Å². The molecular weight excluding hydrogens is 292 g/mol. The minimum atomic E-state index is -0.329. The Morgan fingerprint density at radius 3 is 2.70 bits per heavy atom. The number of nitrogens with zero attached hydrogens (tertiary/aromatic N) is 2. The lowest BCUT2D eigenvalue weighted by Gasteiger charge is -2.16. The van der Waals surface area contributed by atoms with Gasteiger partial charge in [0.05, 0.1) is 12.1 Å². The summed E-state index contributed by atoms with van der Waals surface area (Å²) in [5.41, 5.74) is 1.17. The maximum atomic E-state index is 12.1. The van der Waals surface area contributed by atoms with Crippen LogP contribution in [0.3, 0.4) is 0 Å². The normalized spacial score (nSPS) is 16.0. The van der Waals surface area contributed by atoms with E-state index in [4.69, 9.17) is 0 Å². The number of hydrogen-bond donors (Lipinski definition) is 2. The molecule has 0 aromatic carbocycles. The fourth-order valence-electron chi connectivity index (χ4n) is 3.00. The van der Waals surface area contributed by atoms with Crippen molar-refractivity contribution >= 4 is 17.3 Å². The van der Waals surface area contributed by atoms with E-state index in [-0.39, 0.29) is 24.4 Å². The van der Waals surface area contributed by atoms with E-state index in [0.717, 1.165) is 18.4 Å². The predicted molar refractivity (Wildman–Crippen MR) is 87.2 cm³/mol. The number of amides is 2. The summed E-state index contributed by atoms with van der Waals surface area (Å²) in [5.74, 6) is -0.460. The number of rotatable bonds is 4. The van der Waals surface area contributed by atoms with Crippen molar-refractivity contribution in [2.75, 3.05) is 6.54 Å². The summed E-state index contributed by atoms with van der Waals surface area (Å²) in [4.78, 5) is 24.1. The number of fused-ring (bicyclic) bond motifs is 1. The number of carbonyl (C=O) groups excluding carboxylic acids is 2. The molecule has 0 unspecified atom stereocenters. The van der Waals surface area contributed by atoms with E-state index < -0.39 is 0 Å². The van der Waals surface area contributed by atoms with Crippen LogP contribution in [0.15, 0.2) is 30.5 Å². The monoisotopic (exact) mass is 314 g/mol. The largest absolute Gasteiger partial charge is 0.352 e. The summed E-state index contributed by atoms with van der Waals surface area (Å²) < 4.78 is 1.64. The molecule has 0 bridgehead atoms. The molecule has 1 aliphatic carbocycles. The molecule has 6 nitrogen and oxygen atoms in total. The highest BCUT2D eigenvalue weighted by Gasteiger charge is 2.16. The maximum Gasteiger partial charge on any atom is 0.272 e. The van der Waals surface area contributed by atoms with Gasteiger partial charge in [0.25, 0.3) is 5.91 Å². The smallest absolute Gasteiger partial charge is 0.272 e. The molecule has 122 valence electrons. The lowest BCUT2D eigenvalue weighted by molar-refractivity contribution is -0.120. The van der Waals surface area contributed by atoms with Crippen LogP contribution in [0.2, 0.25) is 0 Å². The minimum Gasteiger partial charge on any atom is -0.352 e. The van der Waals surface area contributed by atoms with Gasteiger partial charge in [-0.3, -0.25) is 9.59 Å². The number of pyridine rings is 1. The fourth-order valence-corrected chi connectivity index (χ4v) is 3.00. The molecular formula is C17H22N4O2. The maximum absolute atomic E-state index is 12.1. The van der Waals surface area contributed by atoms with Gasteiger partial charge in [-0.1, -0.05) is 31.7 Å². The summed E-state index contributed by atoms with van der Waals surface area (Å²) in [6.45, 7) is -0.0107. The van der Waals surface area contributed by atoms with E-state index in [1.807, 2.05) is 18.2 Å². The molecule has 0 atom stereocenters. The summed E-state index contributed by atoms with van der Waals surface area (Å²) in [7, 11) is 0. The summed E-state index contributed by atoms with van der Waals surface area (Å²) in [6.07, 6.45) is 8.67. The van der Waals surface area contributed by atoms with Crippen LogP contribution in [0.5, 0.6) is 0 Å². The Morgan fingerprint density at radius 2 is 1.96 bits per heavy atom. The van der Waals surface area contributed by atoms with E-state index in [1.165, 1.54) is 25.7 Å². The average molecular weight is 314 g/mol. The SMILES string of the molecule is O=C(CNC(=O)c1cc2ccccn2n1)NC1CCCCCC1. The van der Waals surface area contributed by atoms with Crippen molar-refractivity contribution < 1.29 is 9.59 Å². The van der Waals surface area contributed by atoms with Crippen molar-refractivity contribution in [3.8, 4) is 0 Å². The van der Waals surface area contributed by atoms with E-state index in [0.29, 0.717) is 5.69 Å². The van der Waals surface area contributed by atoms with Crippen molar-refractivity contribution in [2.45, 2.75) is 44.6 Å². The van der Waals surface area contributed by atoms with Crippen LogP contribution in [0, 0.1) is 0 Å². The average Bonchev–Trinajstić information content (AvgIpc) is 2.83. The van der Waals surface area contributed by atoms with E-state index in [1.54, 1.807) is 16.8 Å². The number of nitrogens with one attached hydrogen (secondary N) is 2. The lowest BCUT2D eigenvalue weighted by atomic mass is 10.1. The van der Waals surface area contributed by atoms with Gasteiger partial charge < -0.3 is 10.6 Å². The number of hydrogen-bond acceptors (Lipinski definition) is 3. The highest BCUT2D eigenvalue weighted by Crippen LogP contribution is 2.16. The third-order valence-corrected chi connectivity index (χ3v) is 4.23. The molecule has 1 fully saturated rings. The first kappa shape index (κ1) is 15.5. The van der Waals surface area contributed by atoms with Gasteiger partial charge in [-0.2, -0.15) is 5.10 Å². The molecule has 2 N–H and O–H groups in total. The van der Waals surface area contributed by atoms with Gasteiger partial charge in [-0.25, -0.2) is 4.52 Å². The zero-order valence-corrected chi connectivity index (χ0v) is 13.1. The number of aromatic nitrogens is 2. The minimum absolute atomic E-state index is 0.0107. The summed E-state index contributed by atoms with van der Waals surface area (Å²) >= 11 is 0. The van der Waals surface area contributed by atoms with Crippen LogP contribution in [0.1, 0.15) is 49.0 Å². The Hall–Kier alpha value is -2.37. The van der Waals surface area contributed by atoms with E-state index in [9.17, 15) is 9.59 Å². The van der Waals surface area contributed by atoms with Gasteiger partial charge in [0, 0.05) is 12.2 Å². The first-order valence-electron chi connectivity index (χ1n) is 8.24. The molecule has 23 heavy (non-hydrogen) atoms. The Balaban J connectivity index is 1.50. The van der Waals surface area contributed by atoms with Crippen LogP contribution in [-0.4, -0.2) is 34.0 Å². The van der Waals surface area contributed by atoms with Crippen molar-refractivity contribution in [3.05, 3.63) is 36.2 Å². The topological polar surface area (TPSA) is 75.5 Å². The fraction of sp³-hybridized carbons (Fsp3) is 0.471. The molecule has 3 rings (SSSR count). The summed E-state index contributed by atoms with van der Waals surface area (Å²) in [5, 5.41) is 9.84. The van der Waals surface area contributed by atoms with Crippen LogP contribution in [0.25, 0.3) is 5.52 Å². The molecule has 0 spiro atoms. The van der Waals surface area contributed by atoms with Gasteiger partial charge >= 0.3 is 0 Å².